The predicted molar refractivity (Wildman–Crippen MR) is 59.4 cm³/mol. The number of rotatable bonds is 5. The summed E-state index contributed by atoms with van der Waals surface area (Å²) in [7, 11) is 0. The maximum Gasteiger partial charge on any atom is 0.162 e. The van der Waals surface area contributed by atoms with Crippen molar-refractivity contribution >= 4 is 5.78 Å². The highest BCUT2D eigenvalue weighted by Crippen LogP contribution is 2.10. The lowest BCUT2D eigenvalue weighted by Gasteiger charge is -2.04. The molecule has 0 saturated heterocycles. The number of ketones is 1. The summed E-state index contributed by atoms with van der Waals surface area (Å²) in [5.74, 6) is 0.641. The Balaban J connectivity index is 2.47. The number of hydrogen-bond acceptors (Lipinski definition) is 1. The fourth-order valence-electron chi connectivity index (χ4n) is 1.24. The van der Waals surface area contributed by atoms with Crippen molar-refractivity contribution in [3.8, 4) is 0 Å². The first-order chi connectivity index (χ1) is 6.74. The van der Waals surface area contributed by atoms with Crippen molar-refractivity contribution in [1.29, 1.82) is 0 Å². The Kier molecular flexibility index (Phi) is 4.11. The monoisotopic (exact) mass is 188 g/mol. The maximum atomic E-state index is 11.6. The Morgan fingerprint density at radius 1 is 1.43 bits per heavy atom. The molecule has 0 aliphatic heterocycles. The van der Waals surface area contributed by atoms with E-state index in [1.54, 1.807) is 0 Å². The number of carbonyl (C=O) groups excluding carboxylic acids is 1. The average Bonchev–Trinajstić information content (AvgIpc) is 2.26. The Morgan fingerprint density at radius 3 is 2.64 bits per heavy atom. The molecule has 1 rings (SSSR count). The molecule has 0 spiro atoms. The van der Waals surface area contributed by atoms with Crippen molar-refractivity contribution in [3.05, 3.63) is 48.6 Å². The van der Waals surface area contributed by atoms with Crippen LogP contribution < -0.4 is 0 Å². The Labute approximate surface area is 85.5 Å². The topological polar surface area (TPSA) is 17.1 Å². The molecule has 1 aromatic carbocycles. The average molecular weight is 188 g/mol. The zero-order valence-corrected chi connectivity index (χ0v) is 8.57. The minimum atomic E-state index is 0.222. The Morgan fingerprint density at radius 2 is 2.07 bits per heavy atom. The number of carbonyl (C=O) groups is 1. The lowest BCUT2D eigenvalue weighted by atomic mass is 10.0. The van der Waals surface area contributed by atoms with E-state index in [1.807, 2.05) is 36.4 Å². The van der Waals surface area contributed by atoms with Crippen LogP contribution in [0.3, 0.4) is 0 Å². The molecule has 0 heterocycles. The second kappa shape index (κ2) is 5.38. The Bertz CT molecular complexity index is 300. The molecule has 0 N–H and O–H groups in total. The minimum absolute atomic E-state index is 0.222. The van der Waals surface area contributed by atoms with Crippen LogP contribution in [0, 0.1) is 5.92 Å². The summed E-state index contributed by atoms with van der Waals surface area (Å²) in [5.41, 5.74) is 0.809. The third kappa shape index (κ3) is 3.17. The van der Waals surface area contributed by atoms with Gasteiger partial charge in [0.05, 0.1) is 0 Å². The molecule has 14 heavy (non-hydrogen) atoms. The van der Waals surface area contributed by atoms with Crippen molar-refractivity contribution in [3.63, 3.8) is 0 Å². The van der Waals surface area contributed by atoms with Gasteiger partial charge in [0.15, 0.2) is 5.78 Å². The molecule has 0 aliphatic rings. The van der Waals surface area contributed by atoms with E-state index in [-0.39, 0.29) is 5.78 Å². The van der Waals surface area contributed by atoms with Gasteiger partial charge in [-0.25, -0.2) is 0 Å². The third-order valence-corrected chi connectivity index (χ3v) is 2.32. The molecule has 0 amide bonds. The smallest absolute Gasteiger partial charge is 0.162 e. The van der Waals surface area contributed by atoms with E-state index in [2.05, 4.69) is 13.5 Å². The second-order valence-electron chi connectivity index (χ2n) is 3.54. The zero-order chi connectivity index (χ0) is 10.4. The van der Waals surface area contributed by atoms with Crippen LogP contribution >= 0.6 is 0 Å². The van der Waals surface area contributed by atoms with Gasteiger partial charge in [-0.2, -0.15) is 0 Å². The van der Waals surface area contributed by atoms with Gasteiger partial charge in [0, 0.05) is 12.0 Å². The standard InChI is InChI=1S/C13H16O/c1-3-11(2)9-10-13(14)12-7-5-4-6-8-12/h3-8,11H,1,9-10H2,2H3. The molecule has 1 unspecified atom stereocenters. The summed E-state index contributed by atoms with van der Waals surface area (Å²) in [5, 5.41) is 0. The SMILES string of the molecule is C=CC(C)CCC(=O)c1ccccc1. The molecule has 1 atom stereocenters. The van der Waals surface area contributed by atoms with Crippen LogP contribution in [0.25, 0.3) is 0 Å². The van der Waals surface area contributed by atoms with Gasteiger partial charge in [-0.1, -0.05) is 43.3 Å². The summed E-state index contributed by atoms with van der Waals surface area (Å²) < 4.78 is 0. The maximum absolute atomic E-state index is 11.6. The molecule has 0 aliphatic carbocycles. The molecular weight excluding hydrogens is 172 g/mol. The van der Waals surface area contributed by atoms with Gasteiger partial charge in [0.2, 0.25) is 0 Å². The quantitative estimate of drug-likeness (QED) is 0.510. The Hall–Kier alpha value is -1.37. The van der Waals surface area contributed by atoms with E-state index >= 15 is 0 Å². The molecule has 0 aromatic heterocycles. The highest BCUT2D eigenvalue weighted by Gasteiger charge is 2.06. The summed E-state index contributed by atoms with van der Waals surface area (Å²) >= 11 is 0. The fourth-order valence-corrected chi connectivity index (χ4v) is 1.24. The number of hydrogen-bond donors (Lipinski definition) is 0. The molecule has 0 saturated carbocycles. The van der Waals surface area contributed by atoms with E-state index in [1.165, 1.54) is 0 Å². The van der Waals surface area contributed by atoms with Crippen molar-refractivity contribution < 1.29 is 4.79 Å². The van der Waals surface area contributed by atoms with E-state index in [4.69, 9.17) is 0 Å². The van der Waals surface area contributed by atoms with Gasteiger partial charge in [-0.15, -0.1) is 6.58 Å². The van der Waals surface area contributed by atoms with Crippen LogP contribution in [0.4, 0.5) is 0 Å². The number of Topliss-reactive ketones (excluding diaryl/α,β-unsaturated/α-hetero) is 1. The van der Waals surface area contributed by atoms with Gasteiger partial charge in [-0.05, 0) is 12.3 Å². The predicted octanol–water partition coefficient (Wildman–Crippen LogP) is 3.47. The number of allylic oxidation sites excluding steroid dienone is 1. The van der Waals surface area contributed by atoms with Crippen molar-refractivity contribution in [1.82, 2.24) is 0 Å². The van der Waals surface area contributed by atoms with E-state index in [0.29, 0.717) is 12.3 Å². The normalized spacial score (nSPS) is 12.1. The molecule has 1 nitrogen and oxygen atoms in total. The van der Waals surface area contributed by atoms with Crippen LogP contribution in [0.1, 0.15) is 30.1 Å². The van der Waals surface area contributed by atoms with Crippen LogP contribution in [0.2, 0.25) is 0 Å². The lowest BCUT2D eigenvalue weighted by Crippen LogP contribution is -2.01. The van der Waals surface area contributed by atoms with Gasteiger partial charge in [-0.3, -0.25) is 4.79 Å². The molecule has 1 heteroatoms. The number of benzene rings is 1. The molecule has 0 bridgehead atoms. The highest BCUT2D eigenvalue weighted by molar-refractivity contribution is 5.95. The largest absolute Gasteiger partial charge is 0.294 e. The third-order valence-electron chi connectivity index (χ3n) is 2.32. The van der Waals surface area contributed by atoms with Gasteiger partial charge < -0.3 is 0 Å². The van der Waals surface area contributed by atoms with Gasteiger partial charge >= 0.3 is 0 Å². The first kappa shape index (κ1) is 10.7. The highest BCUT2D eigenvalue weighted by atomic mass is 16.1. The molecular formula is C13H16O. The molecule has 0 fully saturated rings. The molecule has 0 radical (unpaired) electrons. The van der Waals surface area contributed by atoms with E-state index in [0.717, 1.165) is 12.0 Å². The molecule has 74 valence electrons. The summed E-state index contributed by atoms with van der Waals surface area (Å²) in [4.78, 5) is 11.6. The van der Waals surface area contributed by atoms with E-state index < -0.39 is 0 Å². The van der Waals surface area contributed by atoms with Gasteiger partial charge in [0.25, 0.3) is 0 Å². The minimum Gasteiger partial charge on any atom is -0.294 e. The summed E-state index contributed by atoms with van der Waals surface area (Å²) in [6.45, 7) is 5.77. The molecule has 1 aromatic rings. The van der Waals surface area contributed by atoms with Crippen molar-refractivity contribution in [2.45, 2.75) is 19.8 Å². The van der Waals surface area contributed by atoms with E-state index in [9.17, 15) is 4.79 Å². The van der Waals surface area contributed by atoms with Gasteiger partial charge in [0.1, 0.15) is 0 Å². The van der Waals surface area contributed by atoms with Crippen molar-refractivity contribution in [2.75, 3.05) is 0 Å². The lowest BCUT2D eigenvalue weighted by molar-refractivity contribution is 0.0977. The summed E-state index contributed by atoms with van der Waals surface area (Å²) in [6, 6.07) is 9.43. The van der Waals surface area contributed by atoms with Crippen LogP contribution in [-0.4, -0.2) is 5.78 Å². The van der Waals surface area contributed by atoms with Crippen molar-refractivity contribution in [2.24, 2.45) is 5.92 Å². The van der Waals surface area contributed by atoms with Crippen LogP contribution in [0.15, 0.2) is 43.0 Å². The second-order valence-corrected chi connectivity index (χ2v) is 3.54. The van der Waals surface area contributed by atoms with Crippen LogP contribution in [0.5, 0.6) is 0 Å². The summed E-state index contributed by atoms with van der Waals surface area (Å²) in [6.07, 6.45) is 3.38. The van der Waals surface area contributed by atoms with Crippen LogP contribution in [-0.2, 0) is 0 Å². The first-order valence-corrected chi connectivity index (χ1v) is 4.95. The fraction of sp³-hybridized carbons (Fsp3) is 0.308. The first-order valence-electron chi connectivity index (χ1n) is 4.95. The zero-order valence-electron chi connectivity index (χ0n) is 8.57.